The number of carbonyl (C=O) groups excluding carboxylic acids is 1. The number of halogens is 6. The first-order chi connectivity index (χ1) is 16.2. The van der Waals surface area contributed by atoms with E-state index in [1.54, 1.807) is 0 Å². The molecule has 0 radical (unpaired) electrons. The van der Waals surface area contributed by atoms with Crippen molar-refractivity contribution in [2.24, 2.45) is 17.8 Å². The predicted molar refractivity (Wildman–Crippen MR) is 108 cm³/mol. The molecule has 1 aromatic heterocycles. The number of amides is 1. The minimum absolute atomic E-state index is 0.410. The van der Waals surface area contributed by atoms with Crippen LogP contribution in [0.4, 0.5) is 26.3 Å². The third-order valence-electron chi connectivity index (χ3n) is 5.96. The molecule has 3 fully saturated rings. The third kappa shape index (κ3) is 9.00. The first-order valence-electron chi connectivity index (χ1n) is 10.7. The molecule has 35 heavy (non-hydrogen) atoms. The maximum Gasteiger partial charge on any atom is 0.490 e. The van der Waals surface area contributed by atoms with Gasteiger partial charge in [-0.05, 0) is 48.3 Å². The zero-order valence-electron chi connectivity index (χ0n) is 18.4. The lowest BCUT2D eigenvalue weighted by atomic mass is 10.1. The molecular formula is C21H25F6N3O5. The molecule has 2 N–H and O–H groups in total. The smallest absolute Gasteiger partial charge is 0.475 e. The minimum atomic E-state index is -5.08. The van der Waals surface area contributed by atoms with Crippen LogP contribution in [0, 0.1) is 17.8 Å². The molecule has 2 aliphatic heterocycles. The molecule has 0 spiro atoms. The SMILES string of the molecule is O=C(CC1[C@H]2CN(Cc3ccncc3)C[C@@H]12)N1CCCC1.O=C(O)C(F)(F)F.O=C(O)C(F)(F)F. The molecule has 3 aliphatic rings. The number of hydrogen-bond donors (Lipinski definition) is 2. The average Bonchev–Trinajstić information content (AvgIpc) is 3.17. The summed E-state index contributed by atoms with van der Waals surface area (Å²) in [5.41, 5.74) is 1.34. The molecule has 2 saturated heterocycles. The molecule has 1 saturated carbocycles. The molecule has 8 nitrogen and oxygen atoms in total. The van der Waals surface area contributed by atoms with Crippen molar-refractivity contribution in [2.45, 2.75) is 38.2 Å². The highest BCUT2D eigenvalue weighted by Crippen LogP contribution is 2.54. The van der Waals surface area contributed by atoms with Gasteiger partial charge in [-0.15, -0.1) is 0 Å². The summed E-state index contributed by atoms with van der Waals surface area (Å²) in [7, 11) is 0. The van der Waals surface area contributed by atoms with Crippen LogP contribution in [0.25, 0.3) is 0 Å². The Morgan fingerprint density at radius 1 is 0.886 bits per heavy atom. The molecular weight excluding hydrogens is 488 g/mol. The first-order valence-corrected chi connectivity index (χ1v) is 10.7. The van der Waals surface area contributed by atoms with Gasteiger partial charge in [0.05, 0.1) is 0 Å². The van der Waals surface area contributed by atoms with Gasteiger partial charge in [-0.25, -0.2) is 9.59 Å². The summed E-state index contributed by atoms with van der Waals surface area (Å²) in [6.07, 6.45) is -3.24. The van der Waals surface area contributed by atoms with Gasteiger partial charge in [0.25, 0.3) is 0 Å². The van der Waals surface area contributed by atoms with Crippen LogP contribution < -0.4 is 0 Å². The van der Waals surface area contributed by atoms with Crippen molar-refractivity contribution in [3.8, 4) is 0 Å². The maximum atomic E-state index is 12.2. The van der Waals surface area contributed by atoms with E-state index in [1.165, 1.54) is 31.5 Å². The zero-order chi connectivity index (χ0) is 26.4. The highest BCUT2D eigenvalue weighted by Gasteiger charge is 2.55. The second-order valence-electron chi connectivity index (χ2n) is 8.44. The van der Waals surface area contributed by atoms with E-state index < -0.39 is 24.3 Å². The predicted octanol–water partition coefficient (Wildman–Crippen LogP) is 3.04. The van der Waals surface area contributed by atoms with E-state index in [0.29, 0.717) is 11.8 Å². The zero-order valence-corrected chi connectivity index (χ0v) is 18.4. The molecule has 14 heteroatoms. The Morgan fingerprint density at radius 3 is 1.71 bits per heavy atom. The Bertz CT molecular complexity index is 838. The van der Waals surface area contributed by atoms with Crippen molar-refractivity contribution < 1.29 is 50.9 Å². The molecule has 1 amide bonds. The molecule has 1 aliphatic carbocycles. The summed E-state index contributed by atoms with van der Waals surface area (Å²) in [6.45, 7) is 5.36. The minimum Gasteiger partial charge on any atom is -0.475 e. The van der Waals surface area contributed by atoms with Gasteiger partial charge in [0.15, 0.2) is 0 Å². The van der Waals surface area contributed by atoms with Crippen molar-refractivity contribution in [1.82, 2.24) is 14.8 Å². The van der Waals surface area contributed by atoms with Crippen molar-refractivity contribution >= 4 is 17.8 Å². The fourth-order valence-electron chi connectivity index (χ4n) is 4.21. The summed E-state index contributed by atoms with van der Waals surface area (Å²) in [6, 6.07) is 4.19. The van der Waals surface area contributed by atoms with E-state index in [-0.39, 0.29) is 0 Å². The van der Waals surface area contributed by atoms with Crippen molar-refractivity contribution in [3.63, 3.8) is 0 Å². The Balaban J connectivity index is 0.000000257. The van der Waals surface area contributed by atoms with Crippen LogP contribution in [-0.4, -0.2) is 81.4 Å². The number of alkyl halides is 6. The van der Waals surface area contributed by atoms with Crippen LogP contribution in [0.2, 0.25) is 0 Å². The van der Waals surface area contributed by atoms with Crippen molar-refractivity contribution in [2.75, 3.05) is 26.2 Å². The molecule has 0 aromatic carbocycles. The van der Waals surface area contributed by atoms with E-state index in [2.05, 4.69) is 26.9 Å². The van der Waals surface area contributed by atoms with Gasteiger partial charge >= 0.3 is 24.3 Å². The summed E-state index contributed by atoms with van der Waals surface area (Å²) >= 11 is 0. The van der Waals surface area contributed by atoms with E-state index in [1.807, 2.05) is 12.4 Å². The number of pyridine rings is 1. The number of rotatable bonds is 4. The number of piperidine rings is 1. The monoisotopic (exact) mass is 513 g/mol. The van der Waals surface area contributed by atoms with Crippen LogP contribution in [0.5, 0.6) is 0 Å². The highest BCUT2D eigenvalue weighted by atomic mass is 19.4. The quantitative estimate of drug-likeness (QED) is 0.596. The van der Waals surface area contributed by atoms with E-state index >= 15 is 0 Å². The molecule has 4 rings (SSSR count). The first kappa shape index (κ1) is 28.3. The molecule has 3 atom stereocenters. The Labute approximate surface area is 196 Å². The number of likely N-dealkylation sites (tertiary alicyclic amines) is 2. The van der Waals surface area contributed by atoms with E-state index in [9.17, 15) is 31.1 Å². The number of fused-ring (bicyclic) bond motifs is 1. The third-order valence-corrected chi connectivity index (χ3v) is 5.96. The van der Waals surface area contributed by atoms with Gasteiger partial charge in [-0.2, -0.15) is 26.3 Å². The van der Waals surface area contributed by atoms with Gasteiger partial charge in [0.2, 0.25) is 5.91 Å². The molecule has 1 aromatic rings. The normalized spacial score (nSPS) is 23.4. The van der Waals surface area contributed by atoms with Crippen LogP contribution in [0.15, 0.2) is 24.5 Å². The average molecular weight is 513 g/mol. The fraction of sp³-hybridized carbons (Fsp3) is 0.619. The number of carboxylic acid groups (broad SMARTS) is 2. The van der Waals surface area contributed by atoms with Gasteiger partial charge in [-0.3, -0.25) is 14.7 Å². The van der Waals surface area contributed by atoms with E-state index in [0.717, 1.165) is 37.9 Å². The Hall–Kier alpha value is -2.90. The Morgan fingerprint density at radius 2 is 1.31 bits per heavy atom. The summed E-state index contributed by atoms with van der Waals surface area (Å²) in [5.74, 6) is -2.88. The van der Waals surface area contributed by atoms with Gasteiger partial charge < -0.3 is 15.1 Å². The molecule has 3 heterocycles. The number of carbonyl (C=O) groups is 3. The summed E-state index contributed by atoms with van der Waals surface area (Å²) in [5, 5.41) is 14.2. The second-order valence-corrected chi connectivity index (χ2v) is 8.44. The number of aliphatic carboxylic acids is 2. The molecule has 0 bridgehead atoms. The highest BCUT2D eigenvalue weighted by molar-refractivity contribution is 5.77. The molecule has 196 valence electrons. The van der Waals surface area contributed by atoms with Gasteiger partial charge in [0.1, 0.15) is 0 Å². The van der Waals surface area contributed by atoms with Crippen LogP contribution in [0.1, 0.15) is 24.8 Å². The van der Waals surface area contributed by atoms with Crippen LogP contribution in [-0.2, 0) is 20.9 Å². The maximum absolute atomic E-state index is 12.2. The summed E-state index contributed by atoms with van der Waals surface area (Å²) < 4.78 is 63.5. The summed E-state index contributed by atoms with van der Waals surface area (Å²) in [4.78, 5) is 38.7. The lowest BCUT2D eigenvalue weighted by Gasteiger charge is -2.20. The number of nitrogens with zero attached hydrogens (tertiary/aromatic N) is 3. The second kappa shape index (κ2) is 11.7. The lowest BCUT2D eigenvalue weighted by Crippen LogP contribution is -2.30. The van der Waals surface area contributed by atoms with Gasteiger partial charge in [0, 0.05) is 51.5 Å². The molecule has 1 unspecified atom stereocenters. The topological polar surface area (TPSA) is 111 Å². The fourth-order valence-corrected chi connectivity index (χ4v) is 4.21. The Kier molecular flexibility index (Phi) is 9.46. The lowest BCUT2D eigenvalue weighted by molar-refractivity contribution is -0.193. The van der Waals surface area contributed by atoms with Crippen molar-refractivity contribution in [3.05, 3.63) is 30.1 Å². The number of aromatic nitrogens is 1. The van der Waals surface area contributed by atoms with Crippen molar-refractivity contribution in [1.29, 1.82) is 0 Å². The standard InChI is InChI=1S/C17H23N3O.2C2HF3O2/c21-17(20-7-1-2-8-20)9-14-15-11-19(12-16(14)15)10-13-3-5-18-6-4-13;2*3-2(4,5)1(6)7/h3-6,14-16H,1-2,7-12H2;2*(H,6,7)/t14?,15-,16+;;. The van der Waals surface area contributed by atoms with Crippen LogP contribution >= 0.6 is 0 Å². The van der Waals surface area contributed by atoms with E-state index in [4.69, 9.17) is 19.8 Å². The largest absolute Gasteiger partial charge is 0.490 e. The number of hydrogen-bond acceptors (Lipinski definition) is 5. The van der Waals surface area contributed by atoms with Gasteiger partial charge in [-0.1, -0.05) is 0 Å². The van der Waals surface area contributed by atoms with Crippen LogP contribution in [0.3, 0.4) is 0 Å². The number of carboxylic acids is 2.